The monoisotopic (exact) mass is 420 g/mol. The molecule has 144 valence electrons. The fourth-order valence-corrected chi connectivity index (χ4v) is 3.81. The van der Waals surface area contributed by atoms with Crippen molar-refractivity contribution in [3.05, 3.63) is 100 Å². The Morgan fingerprint density at radius 1 is 1.10 bits per heavy atom. The maximum absolute atomic E-state index is 12.3. The van der Waals surface area contributed by atoms with Gasteiger partial charge in [-0.2, -0.15) is 10.2 Å². The molecular formula is C22H17ClN4OS. The van der Waals surface area contributed by atoms with Gasteiger partial charge in [0.05, 0.1) is 28.2 Å². The quantitative estimate of drug-likeness (QED) is 0.349. The molecular weight excluding hydrogens is 404 g/mol. The largest absolute Gasteiger partial charge is 0.272 e. The van der Waals surface area contributed by atoms with Crippen LogP contribution >= 0.6 is 22.9 Å². The Labute approximate surface area is 177 Å². The molecule has 1 amide bonds. The molecule has 4 aromatic rings. The third kappa shape index (κ3) is 4.62. The molecule has 1 N–H and O–H groups in total. The van der Waals surface area contributed by atoms with Crippen molar-refractivity contribution in [2.24, 2.45) is 5.10 Å². The van der Waals surface area contributed by atoms with Crippen molar-refractivity contribution in [3.63, 3.8) is 0 Å². The summed E-state index contributed by atoms with van der Waals surface area (Å²) in [7, 11) is 0. The van der Waals surface area contributed by atoms with E-state index in [4.69, 9.17) is 16.7 Å². The number of hydrogen-bond acceptors (Lipinski definition) is 4. The average Bonchev–Trinajstić information content (AvgIpc) is 3.39. The number of nitrogens with one attached hydrogen (secondary N) is 1. The van der Waals surface area contributed by atoms with Gasteiger partial charge in [-0.05, 0) is 29.1 Å². The molecule has 0 saturated carbocycles. The Morgan fingerprint density at radius 2 is 1.90 bits per heavy atom. The smallest absolute Gasteiger partial charge is 0.267 e. The Balaban J connectivity index is 1.56. The number of thiophene rings is 1. The van der Waals surface area contributed by atoms with Crippen molar-refractivity contribution in [1.29, 1.82) is 0 Å². The highest BCUT2D eigenvalue weighted by Gasteiger charge is 2.12. The van der Waals surface area contributed by atoms with Gasteiger partial charge in [0.15, 0.2) is 0 Å². The van der Waals surface area contributed by atoms with E-state index in [1.807, 2.05) is 46.6 Å². The number of carbonyl (C=O) groups is 1. The van der Waals surface area contributed by atoms with Crippen molar-refractivity contribution in [1.82, 2.24) is 15.2 Å². The minimum absolute atomic E-state index is 0.360. The molecule has 7 heteroatoms. The maximum Gasteiger partial charge on any atom is 0.272 e. The van der Waals surface area contributed by atoms with Crippen molar-refractivity contribution in [2.45, 2.75) is 6.54 Å². The molecule has 0 unspecified atom stereocenters. The lowest BCUT2D eigenvalue weighted by molar-refractivity contribution is 0.0955. The number of hydrogen-bond donors (Lipinski definition) is 1. The Hall–Kier alpha value is -3.22. The number of benzene rings is 2. The Kier molecular flexibility index (Phi) is 5.84. The van der Waals surface area contributed by atoms with Gasteiger partial charge in [-0.25, -0.2) is 5.43 Å². The molecule has 0 spiro atoms. The highest BCUT2D eigenvalue weighted by molar-refractivity contribution is 7.13. The van der Waals surface area contributed by atoms with Crippen LogP contribution in [0.4, 0.5) is 0 Å². The van der Waals surface area contributed by atoms with Gasteiger partial charge in [-0.15, -0.1) is 11.3 Å². The van der Waals surface area contributed by atoms with Gasteiger partial charge < -0.3 is 0 Å². The SMILES string of the molecule is O=C(N/N=C/c1cn(Cc2ccccc2)nc1-c1cccs1)c1ccccc1Cl. The fourth-order valence-electron chi connectivity index (χ4n) is 2.85. The summed E-state index contributed by atoms with van der Waals surface area (Å²) in [6, 6.07) is 21.0. The lowest BCUT2D eigenvalue weighted by atomic mass is 10.2. The molecule has 0 aliphatic carbocycles. The van der Waals surface area contributed by atoms with E-state index < -0.39 is 0 Å². The van der Waals surface area contributed by atoms with Gasteiger partial charge in [0, 0.05) is 11.8 Å². The number of carbonyl (C=O) groups excluding carboxylic acids is 1. The summed E-state index contributed by atoms with van der Waals surface area (Å²) >= 11 is 7.67. The lowest BCUT2D eigenvalue weighted by Crippen LogP contribution is -2.17. The molecule has 4 rings (SSSR count). The third-order valence-electron chi connectivity index (χ3n) is 4.22. The predicted octanol–water partition coefficient (Wildman–Crippen LogP) is 5.08. The van der Waals surface area contributed by atoms with Crippen LogP contribution in [0.1, 0.15) is 21.5 Å². The molecule has 2 aromatic heterocycles. The van der Waals surface area contributed by atoms with Gasteiger partial charge in [0.2, 0.25) is 0 Å². The minimum Gasteiger partial charge on any atom is -0.267 e. The first kappa shape index (κ1) is 19.1. The third-order valence-corrected chi connectivity index (χ3v) is 5.43. The predicted molar refractivity (Wildman–Crippen MR) is 118 cm³/mol. The summed E-state index contributed by atoms with van der Waals surface area (Å²) in [4.78, 5) is 13.3. The highest BCUT2D eigenvalue weighted by Crippen LogP contribution is 2.26. The molecule has 2 aromatic carbocycles. The van der Waals surface area contributed by atoms with E-state index in [0.29, 0.717) is 17.1 Å². The second-order valence-electron chi connectivity index (χ2n) is 6.27. The summed E-state index contributed by atoms with van der Waals surface area (Å²) in [6.07, 6.45) is 3.53. The van der Waals surface area contributed by atoms with E-state index in [9.17, 15) is 4.79 Å². The van der Waals surface area contributed by atoms with Gasteiger partial charge in [0.1, 0.15) is 5.69 Å². The van der Waals surface area contributed by atoms with Gasteiger partial charge in [0.25, 0.3) is 5.91 Å². The summed E-state index contributed by atoms with van der Waals surface area (Å²) in [5.74, 6) is -0.360. The zero-order chi connectivity index (χ0) is 20.1. The Morgan fingerprint density at radius 3 is 2.66 bits per heavy atom. The summed E-state index contributed by atoms with van der Waals surface area (Å²) in [6.45, 7) is 0.652. The number of rotatable bonds is 6. The number of aromatic nitrogens is 2. The zero-order valence-corrected chi connectivity index (χ0v) is 16.9. The van der Waals surface area contributed by atoms with Crippen LogP contribution in [0.5, 0.6) is 0 Å². The molecule has 0 bridgehead atoms. The van der Waals surface area contributed by atoms with Crippen LogP contribution < -0.4 is 5.43 Å². The zero-order valence-electron chi connectivity index (χ0n) is 15.3. The molecule has 5 nitrogen and oxygen atoms in total. The first-order valence-corrected chi connectivity index (χ1v) is 10.2. The van der Waals surface area contributed by atoms with Gasteiger partial charge in [-0.3, -0.25) is 9.48 Å². The summed E-state index contributed by atoms with van der Waals surface area (Å²) in [5, 5.41) is 11.2. The molecule has 2 heterocycles. The fraction of sp³-hybridized carbons (Fsp3) is 0.0455. The first-order chi connectivity index (χ1) is 14.2. The van der Waals surface area contributed by atoms with E-state index in [2.05, 4.69) is 22.7 Å². The number of halogens is 1. The lowest BCUT2D eigenvalue weighted by Gasteiger charge is -2.01. The van der Waals surface area contributed by atoms with Gasteiger partial charge in [-0.1, -0.05) is 60.1 Å². The molecule has 0 radical (unpaired) electrons. The van der Waals surface area contributed by atoms with Crippen molar-refractivity contribution >= 4 is 35.1 Å². The van der Waals surface area contributed by atoms with Crippen molar-refractivity contribution < 1.29 is 4.79 Å². The summed E-state index contributed by atoms with van der Waals surface area (Å²) < 4.78 is 1.88. The van der Waals surface area contributed by atoms with Crippen molar-refractivity contribution in [3.8, 4) is 10.6 Å². The number of nitrogens with zero attached hydrogens (tertiary/aromatic N) is 3. The first-order valence-electron chi connectivity index (χ1n) is 8.94. The average molecular weight is 421 g/mol. The van der Waals surface area contributed by atoms with E-state index >= 15 is 0 Å². The summed E-state index contributed by atoms with van der Waals surface area (Å²) in [5.41, 5.74) is 5.71. The van der Waals surface area contributed by atoms with E-state index in [-0.39, 0.29) is 5.91 Å². The van der Waals surface area contributed by atoms with Crippen LogP contribution in [0.2, 0.25) is 5.02 Å². The standard InChI is InChI=1S/C22H17ClN4OS/c23-19-10-5-4-9-18(19)22(28)25-24-13-17-15-27(14-16-7-2-1-3-8-16)26-21(17)20-11-6-12-29-20/h1-13,15H,14H2,(H,25,28)/b24-13+. The molecule has 0 aliphatic heterocycles. The van der Waals surface area contributed by atoms with Crippen LogP contribution in [-0.2, 0) is 6.54 Å². The van der Waals surface area contributed by atoms with E-state index in [0.717, 1.165) is 21.7 Å². The highest BCUT2D eigenvalue weighted by atomic mass is 35.5. The molecule has 0 atom stereocenters. The van der Waals surface area contributed by atoms with Crippen LogP contribution in [0.3, 0.4) is 0 Å². The molecule has 29 heavy (non-hydrogen) atoms. The molecule has 0 aliphatic rings. The minimum atomic E-state index is -0.360. The number of amides is 1. The van der Waals surface area contributed by atoms with Crippen LogP contribution in [-0.4, -0.2) is 21.9 Å². The van der Waals surface area contributed by atoms with Gasteiger partial charge >= 0.3 is 0 Å². The van der Waals surface area contributed by atoms with E-state index in [1.54, 1.807) is 41.8 Å². The molecule has 0 saturated heterocycles. The normalized spacial score (nSPS) is 11.1. The number of hydrazone groups is 1. The van der Waals surface area contributed by atoms with Crippen LogP contribution in [0.25, 0.3) is 10.6 Å². The Bertz CT molecular complexity index is 1140. The maximum atomic E-state index is 12.3. The van der Waals surface area contributed by atoms with E-state index in [1.165, 1.54) is 0 Å². The van der Waals surface area contributed by atoms with Crippen LogP contribution in [0, 0.1) is 0 Å². The molecule has 0 fully saturated rings. The second-order valence-corrected chi connectivity index (χ2v) is 7.63. The second kappa shape index (κ2) is 8.86. The van der Waals surface area contributed by atoms with Crippen molar-refractivity contribution in [2.75, 3.05) is 0 Å². The van der Waals surface area contributed by atoms with Crippen LogP contribution in [0.15, 0.2) is 83.4 Å². The topological polar surface area (TPSA) is 59.3 Å².